The fraction of sp³-hybridized carbons (Fsp3) is 0.310. The average Bonchev–Trinajstić information content (AvgIpc) is 2.93. The maximum atomic E-state index is 13.5. The molecule has 0 aliphatic rings. The van der Waals surface area contributed by atoms with E-state index in [2.05, 4.69) is 20.9 Å². The summed E-state index contributed by atoms with van der Waals surface area (Å²) in [7, 11) is 0. The number of nitrogens with one attached hydrogen (secondary N) is 4. The van der Waals surface area contributed by atoms with Crippen LogP contribution in [-0.4, -0.2) is 50.4 Å². The number of rotatable bonds is 12. The minimum atomic E-state index is -1.24. The predicted molar refractivity (Wildman–Crippen MR) is 161 cm³/mol. The Labute approximate surface area is 242 Å². The van der Waals surface area contributed by atoms with Gasteiger partial charge in [-0.1, -0.05) is 19.1 Å². The molecule has 0 aliphatic carbocycles. The first-order chi connectivity index (χ1) is 19.8. The van der Waals surface area contributed by atoms with Gasteiger partial charge in [-0.15, -0.1) is 0 Å². The summed E-state index contributed by atoms with van der Waals surface area (Å²) in [6, 6.07) is 8.71. The average molecular weight is 577 g/mol. The van der Waals surface area contributed by atoms with Crippen molar-refractivity contribution in [3.8, 4) is 11.3 Å². The Hall–Kier alpha value is -5.20. The zero-order valence-electron chi connectivity index (χ0n) is 23.9. The van der Waals surface area contributed by atoms with E-state index >= 15 is 0 Å². The third-order valence-corrected chi connectivity index (χ3v) is 6.41. The molecule has 0 radical (unpaired) electrons. The fourth-order valence-electron chi connectivity index (χ4n) is 4.08. The SMILES string of the molecule is CC[C@@H](C)NC(=O)c1cc(N)cc(-c2cnc(NC(C)C)c(=O)n2CC(=O)NCc2ccc(C(=N)N)cc2C(=O)O)c1. The van der Waals surface area contributed by atoms with Crippen molar-refractivity contribution in [1.82, 2.24) is 20.2 Å². The van der Waals surface area contributed by atoms with Crippen molar-refractivity contribution in [2.75, 3.05) is 11.1 Å². The van der Waals surface area contributed by atoms with Crippen LogP contribution in [0.5, 0.6) is 0 Å². The van der Waals surface area contributed by atoms with Gasteiger partial charge in [-0.3, -0.25) is 24.4 Å². The van der Waals surface area contributed by atoms with Gasteiger partial charge in [0.2, 0.25) is 5.91 Å². The van der Waals surface area contributed by atoms with Gasteiger partial charge in [0.1, 0.15) is 12.4 Å². The van der Waals surface area contributed by atoms with Crippen LogP contribution in [0.15, 0.2) is 47.4 Å². The number of nitrogen functional groups attached to an aromatic ring is 2. The van der Waals surface area contributed by atoms with E-state index in [9.17, 15) is 24.3 Å². The standard InChI is InChI=1S/C29H36N8O5/c1-5-16(4)36-27(39)20-8-19(9-21(30)10-20)23-13-34-26(35-15(2)3)28(40)37(23)14-24(38)33-12-18-7-6-17(25(31)32)11-22(18)29(41)42/h6-11,13,15-16H,5,12,14,30H2,1-4H3,(H3,31,32)(H,33,38)(H,34,35)(H,36,39)(H,41,42)/t16-/m1/s1. The summed E-state index contributed by atoms with van der Waals surface area (Å²) in [5, 5.41) is 25.6. The van der Waals surface area contributed by atoms with E-state index in [-0.39, 0.29) is 69.8 Å². The third-order valence-electron chi connectivity index (χ3n) is 6.41. The Bertz CT molecular complexity index is 1580. The first kappa shape index (κ1) is 31.3. The van der Waals surface area contributed by atoms with Crippen LogP contribution in [-0.2, 0) is 17.9 Å². The summed E-state index contributed by atoms with van der Waals surface area (Å²) in [5.74, 6) is -2.40. The van der Waals surface area contributed by atoms with Crippen molar-refractivity contribution in [1.29, 1.82) is 5.41 Å². The lowest BCUT2D eigenvalue weighted by molar-refractivity contribution is -0.121. The molecule has 0 fully saturated rings. The molecule has 3 rings (SSSR count). The van der Waals surface area contributed by atoms with Crippen molar-refractivity contribution in [3.05, 3.63) is 75.2 Å². The van der Waals surface area contributed by atoms with E-state index < -0.39 is 24.0 Å². The van der Waals surface area contributed by atoms with Crippen LogP contribution in [0.25, 0.3) is 11.3 Å². The minimum absolute atomic E-state index is 0.0353. The molecule has 222 valence electrons. The molecule has 0 bridgehead atoms. The number of aromatic nitrogens is 2. The second-order valence-corrected chi connectivity index (χ2v) is 10.2. The number of carboxylic acid groups (broad SMARTS) is 1. The molecule has 0 saturated heterocycles. The Morgan fingerprint density at radius 2 is 1.81 bits per heavy atom. The van der Waals surface area contributed by atoms with E-state index in [1.54, 1.807) is 12.1 Å². The van der Waals surface area contributed by atoms with Gasteiger partial charge in [-0.2, -0.15) is 0 Å². The molecule has 42 heavy (non-hydrogen) atoms. The maximum absolute atomic E-state index is 13.5. The van der Waals surface area contributed by atoms with Gasteiger partial charge >= 0.3 is 5.97 Å². The van der Waals surface area contributed by atoms with Crippen molar-refractivity contribution in [2.45, 2.75) is 59.3 Å². The highest BCUT2D eigenvalue weighted by molar-refractivity contribution is 5.99. The predicted octanol–water partition coefficient (Wildman–Crippen LogP) is 2.14. The molecule has 0 unspecified atom stereocenters. The molecule has 1 heterocycles. The molecule has 3 aromatic rings. The lowest BCUT2D eigenvalue weighted by atomic mass is 10.0. The number of carbonyl (C=O) groups excluding carboxylic acids is 2. The number of anilines is 2. The van der Waals surface area contributed by atoms with Crippen molar-refractivity contribution in [2.24, 2.45) is 5.73 Å². The maximum Gasteiger partial charge on any atom is 0.336 e. The van der Waals surface area contributed by atoms with Crippen molar-refractivity contribution in [3.63, 3.8) is 0 Å². The van der Waals surface area contributed by atoms with Crippen LogP contribution < -0.4 is 33.0 Å². The monoisotopic (exact) mass is 576 g/mol. The van der Waals surface area contributed by atoms with E-state index in [1.807, 2.05) is 27.7 Å². The highest BCUT2D eigenvalue weighted by Gasteiger charge is 2.19. The molecule has 13 heteroatoms. The van der Waals surface area contributed by atoms with Crippen LogP contribution in [0.1, 0.15) is 66.0 Å². The molecule has 0 saturated carbocycles. The zero-order valence-corrected chi connectivity index (χ0v) is 23.9. The van der Waals surface area contributed by atoms with Gasteiger partial charge in [0.15, 0.2) is 5.82 Å². The number of nitrogens with zero attached hydrogens (tertiary/aromatic N) is 2. The zero-order chi connectivity index (χ0) is 31.1. The Kier molecular flexibility index (Phi) is 10.0. The van der Waals surface area contributed by atoms with Gasteiger partial charge in [0.25, 0.3) is 11.5 Å². The van der Waals surface area contributed by atoms with Gasteiger partial charge in [0, 0.05) is 41.0 Å². The Balaban J connectivity index is 1.98. The molecule has 2 aromatic carbocycles. The highest BCUT2D eigenvalue weighted by atomic mass is 16.4. The third kappa shape index (κ3) is 7.71. The summed E-state index contributed by atoms with van der Waals surface area (Å²) in [6.45, 7) is 6.92. The summed E-state index contributed by atoms with van der Waals surface area (Å²) in [4.78, 5) is 55.4. The summed E-state index contributed by atoms with van der Waals surface area (Å²) in [6.07, 6.45) is 2.16. The van der Waals surface area contributed by atoms with Crippen LogP contribution in [0, 0.1) is 5.41 Å². The normalized spacial score (nSPS) is 11.5. The summed E-state index contributed by atoms with van der Waals surface area (Å²) >= 11 is 0. The van der Waals surface area contributed by atoms with Crippen LogP contribution in [0.2, 0.25) is 0 Å². The Morgan fingerprint density at radius 1 is 1.10 bits per heavy atom. The number of aromatic carboxylic acids is 1. The lowest BCUT2D eigenvalue weighted by Gasteiger charge is -2.17. The first-order valence-corrected chi connectivity index (χ1v) is 13.4. The number of carboxylic acids is 1. The van der Waals surface area contributed by atoms with E-state index in [0.717, 1.165) is 6.42 Å². The topological polar surface area (TPSA) is 218 Å². The fourth-order valence-corrected chi connectivity index (χ4v) is 4.08. The second-order valence-electron chi connectivity index (χ2n) is 10.2. The number of carbonyl (C=O) groups is 3. The molecule has 1 atom stereocenters. The van der Waals surface area contributed by atoms with Crippen LogP contribution >= 0.6 is 0 Å². The van der Waals surface area contributed by atoms with E-state index in [1.165, 1.54) is 35.0 Å². The highest BCUT2D eigenvalue weighted by Crippen LogP contribution is 2.24. The van der Waals surface area contributed by atoms with Crippen molar-refractivity contribution < 1.29 is 19.5 Å². The molecule has 0 aliphatic heterocycles. The number of hydrogen-bond donors (Lipinski definition) is 7. The number of amides is 2. The second kappa shape index (κ2) is 13.4. The Morgan fingerprint density at radius 3 is 2.43 bits per heavy atom. The quantitative estimate of drug-likeness (QED) is 0.0952. The van der Waals surface area contributed by atoms with Crippen molar-refractivity contribution >= 4 is 35.1 Å². The smallest absolute Gasteiger partial charge is 0.336 e. The summed E-state index contributed by atoms with van der Waals surface area (Å²) < 4.78 is 1.22. The largest absolute Gasteiger partial charge is 0.478 e. The number of nitrogens with two attached hydrogens (primary N) is 2. The molecular weight excluding hydrogens is 540 g/mol. The minimum Gasteiger partial charge on any atom is -0.478 e. The number of amidine groups is 1. The molecule has 0 spiro atoms. The van der Waals surface area contributed by atoms with Gasteiger partial charge in [-0.25, -0.2) is 9.78 Å². The molecule has 9 N–H and O–H groups in total. The molecule has 13 nitrogen and oxygen atoms in total. The molecular formula is C29H36N8O5. The van der Waals surface area contributed by atoms with Gasteiger partial charge in [0.05, 0.1) is 17.5 Å². The molecule has 2 amide bonds. The summed E-state index contributed by atoms with van der Waals surface area (Å²) in [5.41, 5.74) is 12.7. The molecule has 1 aromatic heterocycles. The van der Waals surface area contributed by atoms with Gasteiger partial charge < -0.3 is 32.5 Å². The lowest BCUT2D eigenvalue weighted by Crippen LogP contribution is -2.35. The first-order valence-electron chi connectivity index (χ1n) is 13.4. The number of benzene rings is 2. The van der Waals surface area contributed by atoms with E-state index in [0.29, 0.717) is 5.56 Å². The van der Waals surface area contributed by atoms with Crippen LogP contribution in [0.4, 0.5) is 11.5 Å². The number of hydrogen-bond acceptors (Lipinski definition) is 8. The van der Waals surface area contributed by atoms with Crippen LogP contribution in [0.3, 0.4) is 0 Å². The van der Waals surface area contributed by atoms with Gasteiger partial charge in [-0.05, 0) is 57.0 Å². The van der Waals surface area contributed by atoms with E-state index in [4.69, 9.17) is 16.9 Å².